The number of benzene rings is 2. The molecule has 0 aliphatic carbocycles. The van der Waals surface area contributed by atoms with Gasteiger partial charge in [-0.1, -0.05) is 18.2 Å². The van der Waals surface area contributed by atoms with E-state index in [1.807, 2.05) is 13.8 Å². The van der Waals surface area contributed by atoms with Gasteiger partial charge in [-0.25, -0.2) is 0 Å². The fourth-order valence-electron chi connectivity index (χ4n) is 3.16. The van der Waals surface area contributed by atoms with Gasteiger partial charge in [0.15, 0.2) is 0 Å². The molecule has 0 aromatic heterocycles. The van der Waals surface area contributed by atoms with E-state index in [2.05, 4.69) is 10.6 Å². The van der Waals surface area contributed by atoms with E-state index in [0.29, 0.717) is 23.2 Å². The predicted octanol–water partition coefficient (Wildman–Crippen LogP) is 0.468. The second kappa shape index (κ2) is 10.1. The van der Waals surface area contributed by atoms with Crippen LogP contribution in [0.3, 0.4) is 0 Å². The van der Waals surface area contributed by atoms with E-state index in [4.69, 9.17) is 14.3 Å². The van der Waals surface area contributed by atoms with Gasteiger partial charge < -0.3 is 30.0 Å². The van der Waals surface area contributed by atoms with E-state index in [1.165, 1.54) is 6.82 Å². The number of fused-ring (bicyclic) bond motifs is 1. The van der Waals surface area contributed by atoms with Crippen LogP contribution >= 0.6 is 0 Å². The summed E-state index contributed by atoms with van der Waals surface area (Å²) in [4.78, 5) is 25.1. The lowest BCUT2D eigenvalue weighted by atomic mass is 9.79. The van der Waals surface area contributed by atoms with Crippen molar-refractivity contribution in [3.05, 3.63) is 64.7 Å². The van der Waals surface area contributed by atoms with Crippen LogP contribution in [0.15, 0.2) is 42.5 Å². The third-order valence-corrected chi connectivity index (χ3v) is 5.25. The van der Waals surface area contributed by atoms with Crippen molar-refractivity contribution in [3.8, 4) is 0 Å². The second-order valence-electron chi connectivity index (χ2n) is 7.71. The third kappa shape index (κ3) is 5.95. The van der Waals surface area contributed by atoms with Gasteiger partial charge in [-0.3, -0.25) is 9.59 Å². The Hall–Kier alpha value is -2.65. The standard InChI is InChI=1S/C21H26B2N2O6/c1-13(24-20(26)16-6-4-15(5-7-16)11-30-22(3)28)14(2)25-21(27)17-8-9-18-12-31-23(29)19(18)10-17/h4-10,13-14,28-29H,11-12H2,1-3H3,(H,24,26)(H,25,27). The van der Waals surface area contributed by atoms with E-state index >= 15 is 0 Å². The van der Waals surface area contributed by atoms with Gasteiger partial charge in [-0.15, -0.1) is 0 Å². The molecule has 0 bridgehead atoms. The van der Waals surface area contributed by atoms with Gasteiger partial charge in [0.1, 0.15) is 0 Å². The summed E-state index contributed by atoms with van der Waals surface area (Å²) in [5.74, 6) is -0.549. The molecule has 162 valence electrons. The van der Waals surface area contributed by atoms with Gasteiger partial charge in [0, 0.05) is 23.2 Å². The van der Waals surface area contributed by atoms with Crippen LogP contribution in [-0.2, 0) is 22.5 Å². The monoisotopic (exact) mass is 424 g/mol. The normalized spacial score (nSPS) is 14.5. The molecule has 31 heavy (non-hydrogen) atoms. The first kappa shape index (κ1) is 23.0. The van der Waals surface area contributed by atoms with E-state index in [1.54, 1.807) is 42.5 Å². The zero-order valence-electron chi connectivity index (χ0n) is 17.8. The van der Waals surface area contributed by atoms with Crippen LogP contribution < -0.4 is 16.1 Å². The molecule has 2 atom stereocenters. The summed E-state index contributed by atoms with van der Waals surface area (Å²) >= 11 is 0. The molecular formula is C21H26B2N2O6. The summed E-state index contributed by atoms with van der Waals surface area (Å²) in [5, 5.41) is 24.7. The molecule has 10 heteroatoms. The average molecular weight is 424 g/mol. The molecule has 1 heterocycles. The van der Waals surface area contributed by atoms with Crippen LogP contribution in [0, 0.1) is 0 Å². The first-order chi connectivity index (χ1) is 14.7. The first-order valence-electron chi connectivity index (χ1n) is 10.2. The van der Waals surface area contributed by atoms with Crippen LogP contribution in [0.4, 0.5) is 0 Å². The molecule has 1 aliphatic heterocycles. The lowest BCUT2D eigenvalue weighted by Gasteiger charge is -2.23. The number of rotatable bonds is 8. The molecule has 3 rings (SSSR count). The third-order valence-electron chi connectivity index (χ3n) is 5.25. The average Bonchev–Trinajstić information content (AvgIpc) is 3.12. The topological polar surface area (TPSA) is 117 Å². The summed E-state index contributed by atoms with van der Waals surface area (Å²) in [6.45, 7) is 5.74. The number of amides is 2. The fourth-order valence-corrected chi connectivity index (χ4v) is 3.16. The maximum atomic E-state index is 12.6. The Morgan fingerprint density at radius 2 is 1.68 bits per heavy atom. The van der Waals surface area contributed by atoms with Crippen LogP contribution in [0.5, 0.6) is 0 Å². The fraction of sp³-hybridized carbons (Fsp3) is 0.333. The van der Waals surface area contributed by atoms with Crippen molar-refractivity contribution < 1.29 is 28.9 Å². The van der Waals surface area contributed by atoms with Crippen molar-refractivity contribution in [1.29, 1.82) is 0 Å². The highest BCUT2D eigenvalue weighted by Gasteiger charge is 2.28. The quantitative estimate of drug-likeness (QED) is 0.458. The van der Waals surface area contributed by atoms with Gasteiger partial charge >= 0.3 is 14.2 Å². The van der Waals surface area contributed by atoms with Crippen molar-refractivity contribution >= 4 is 31.5 Å². The summed E-state index contributed by atoms with van der Waals surface area (Å²) in [6, 6.07) is 11.3. The summed E-state index contributed by atoms with van der Waals surface area (Å²) in [5.41, 5.74) is 3.21. The van der Waals surface area contributed by atoms with E-state index in [-0.39, 0.29) is 30.5 Å². The minimum atomic E-state index is -1.01. The number of hydrogen-bond donors (Lipinski definition) is 4. The second-order valence-corrected chi connectivity index (χ2v) is 7.71. The molecule has 0 saturated heterocycles. The van der Waals surface area contributed by atoms with Crippen molar-refractivity contribution in [2.45, 2.75) is 46.0 Å². The van der Waals surface area contributed by atoms with Gasteiger partial charge in [0.2, 0.25) is 0 Å². The lowest BCUT2D eigenvalue weighted by molar-refractivity contribution is 0.0892. The number of hydrogen-bond acceptors (Lipinski definition) is 6. The van der Waals surface area contributed by atoms with Crippen molar-refractivity contribution in [2.24, 2.45) is 0 Å². The van der Waals surface area contributed by atoms with Gasteiger partial charge in [-0.05, 0) is 61.5 Å². The molecule has 2 aromatic rings. The molecule has 2 aromatic carbocycles. The predicted molar refractivity (Wildman–Crippen MR) is 118 cm³/mol. The Balaban J connectivity index is 1.54. The molecule has 0 radical (unpaired) electrons. The molecule has 4 N–H and O–H groups in total. The number of nitrogens with one attached hydrogen (secondary N) is 2. The zero-order valence-corrected chi connectivity index (χ0v) is 17.8. The zero-order chi connectivity index (χ0) is 22.5. The van der Waals surface area contributed by atoms with Crippen molar-refractivity contribution in [3.63, 3.8) is 0 Å². The van der Waals surface area contributed by atoms with Crippen LogP contribution in [0.25, 0.3) is 0 Å². The van der Waals surface area contributed by atoms with E-state index in [0.717, 1.165) is 11.1 Å². The molecular weight excluding hydrogens is 398 g/mol. The first-order valence-corrected chi connectivity index (χ1v) is 10.2. The minimum Gasteiger partial charge on any atom is -0.427 e. The molecule has 0 saturated carbocycles. The van der Waals surface area contributed by atoms with E-state index in [9.17, 15) is 14.6 Å². The minimum absolute atomic E-state index is 0.255. The van der Waals surface area contributed by atoms with Gasteiger partial charge in [-0.2, -0.15) is 0 Å². The van der Waals surface area contributed by atoms with Crippen molar-refractivity contribution in [1.82, 2.24) is 10.6 Å². The van der Waals surface area contributed by atoms with Crippen LogP contribution in [0.1, 0.15) is 45.7 Å². The maximum Gasteiger partial charge on any atom is 0.491 e. The number of carbonyl (C=O) groups excluding carboxylic acids is 2. The SMILES string of the molecule is CB(O)OCc1ccc(C(=O)NC(C)C(C)NC(=O)c2ccc3c(c2)B(O)OC3)cc1. The maximum absolute atomic E-state index is 12.6. The largest absolute Gasteiger partial charge is 0.491 e. The Morgan fingerprint density at radius 1 is 1.10 bits per heavy atom. The molecule has 8 nitrogen and oxygen atoms in total. The Kier molecular flexibility index (Phi) is 7.50. The Labute approximate surface area is 182 Å². The molecule has 1 aliphatic rings. The smallest absolute Gasteiger partial charge is 0.427 e. The summed E-state index contributed by atoms with van der Waals surface area (Å²) < 4.78 is 10.3. The lowest BCUT2D eigenvalue weighted by Crippen LogP contribution is -2.48. The van der Waals surface area contributed by atoms with Crippen molar-refractivity contribution in [2.75, 3.05) is 0 Å². The Bertz CT molecular complexity index is 938. The van der Waals surface area contributed by atoms with Gasteiger partial charge in [0.25, 0.3) is 11.8 Å². The highest BCUT2D eigenvalue weighted by Crippen LogP contribution is 2.12. The Morgan fingerprint density at radius 3 is 2.29 bits per heavy atom. The summed E-state index contributed by atoms with van der Waals surface area (Å²) in [6.07, 6.45) is 0. The highest BCUT2D eigenvalue weighted by atomic mass is 16.5. The molecule has 0 spiro atoms. The molecule has 0 fully saturated rings. The highest BCUT2D eigenvalue weighted by molar-refractivity contribution is 6.61. The van der Waals surface area contributed by atoms with E-state index < -0.39 is 14.2 Å². The van der Waals surface area contributed by atoms with Crippen LogP contribution in [-0.4, -0.2) is 48.2 Å². The molecule has 2 amide bonds. The van der Waals surface area contributed by atoms with Crippen LogP contribution in [0.2, 0.25) is 6.82 Å². The summed E-state index contributed by atoms with van der Waals surface area (Å²) in [7, 11) is -1.86. The number of carbonyl (C=O) groups is 2. The van der Waals surface area contributed by atoms with Gasteiger partial charge in [0.05, 0.1) is 13.2 Å². The molecule has 2 unspecified atom stereocenters.